The highest BCUT2D eigenvalue weighted by atomic mass is 19.4. The molecule has 9 heteroatoms. The summed E-state index contributed by atoms with van der Waals surface area (Å²) in [6.45, 7) is 4.70. The third kappa shape index (κ3) is 3.53. The summed E-state index contributed by atoms with van der Waals surface area (Å²) in [6, 6.07) is 4.60. The van der Waals surface area contributed by atoms with E-state index in [0.717, 1.165) is 29.9 Å². The average Bonchev–Trinajstić information content (AvgIpc) is 3.11. The van der Waals surface area contributed by atoms with Crippen LogP contribution in [0.15, 0.2) is 24.4 Å². The Morgan fingerprint density at radius 1 is 1.30 bits per heavy atom. The van der Waals surface area contributed by atoms with Crippen molar-refractivity contribution in [2.45, 2.75) is 38.7 Å². The number of carbonyl (C=O) groups excluding carboxylic acids is 1. The maximum absolute atomic E-state index is 13.1. The van der Waals surface area contributed by atoms with Gasteiger partial charge >= 0.3 is 6.18 Å². The molecule has 2 heterocycles. The highest BCUT2D eigenvalue weighted by molar-refractivity contribution is 5.96. The quantitative estimate of drug-likeness (QED) is 0.892. The van der Waals surface area contributed by atoms with Crippen LogP contribution in [0, 0.1) is 11.3 Å². The molecule has 1 aromatic heterocycles. The first-order chi connectivity index (χ1) is 12.5. The van der Waals surface area contributed by atoms with Gasteiger partial charge in [-0.05, 0) is 39.1 Å². The number of nitrogens with one attached hydrogen (secondary N) is 1. The number of benzene rings is 1. The molecule has 0 saturated carbocycles. The maximum Gasteiger partial charge on any atom is 0.417 e. The molecular weight excluding hydrogens is 359 g/mol. The first kappa shape index (κ1) is 18.9. The number of fused-ring (bicyclic) bond motifs is 1. The second kappa shape index (κ2) is 6.39. The fraction of sp³-hybridized carbons (Fsp3) is 0.389. The monoisotopic (exact) mass is 377 g/mol. The van der Waals surface area contributed by atoms with Crippen molar-refractivity contribution in [1.82, 2.24) is 14.7 Å². The van der Waals surface area contributed by atoms with E-state index < -0.39 is 28.7 Å². The summed E-state index contributed by atoms with van der Waals surface area (Å²) in [6.07, 6.45) is -2.89. The first-order valence-electron chi connectivity index (χ1n) is 8.21. The Hall–Kier alpha value is -2.86. The molecule has 1 aliphatic rings. The zero-order valence-corrected chi connectivity index (χ0v) is 15.1. The normalized spacial score (nSPS) is 14.7. The third-order valence-electron chi connectivity index (χ3n) is 4.57. The summed E-state index contributed by atoms with van der Waals surface area (Å²) in [7, 11) is 1.97. The molecule has 1 aromatic carbocycles. The molecule has 1 aliphatic heterocycles. The number of hydrogen-bond donors (Lipinski definition) is 1. The number of amides is 1. The minimum atomic E-state index is -4.68. The lowest BCUT2D eigenvalue weighted by atomic mass is 10.0. The van der Waals surface area contributed by atoms with E-state index in [-0.39, 0.29) is 5.69 Å². The van der Waals surface area contributed by atoms with Gasteiger partial charge in [-0.2, -0.15) is 23.5 Å². The van der Waals surface area contributed by atoms with Crippen LogP contribution in [-0.2, 0) is 29.6 Å². The number of nitrogens with zero attached hydrogens (tertiary/aromatic N) is 4. The number of nitriles is 1. The Kier molecular flexibility index (Phi) is 4.48. The molecule has 3 rings (SSSR count). The van der Waals surface area contributed by atoms with Crippen LogP contribution in [0.1, 0.15) is 36.2 Å². The standard InChI is InChI=1S/C18H18F3N5O/c1-17(2,26-9-12-8-25(3)10-15(12)24-26)16(27)23-13-5-4-11(7-22)14(6-13)18(19,20)21/h4-6,9H,8,10H2,1-3H3,(H,23,27). The third-order valence-corrected chi connectivity index (χ3v) is 4.57. The van der Waals surface area contributed by atoms with E-state index in [4.69, 9.17) is 5.26 Å². The summed E-state index contributed by atoms with van der Waals surface area (Å²) in [5.74, 6) is -0.505. The van der Waals surface area contributed by atoms with Gasteiger partial charge in [0.25, 0.3) is 5.91 Å². The molecule has 0 fully saturated rings. The molecule has 0 unspecified atom stereocenters. The van der Waals surface area contributed by atoms with Gasteiger partial charge in [-0.25, -0.2) is 0 Å². The SMILES string of the molecule is CN1Cc2cn(C(C)(C)C(=O)Nc3ccc(C#N)c(C(F)(F)F)c3)nc2C1. The molecule has 0 spiro atoms. The molecule has 0 saturated heterocycles. The van der Waals surface area contributed by atoms with E-state index in [0.29, 0.717) is 6.54 Å². The van der Waals surface area contributed by atoms with Crippen molar-refractivity contribution in [2.24, 2.45) is 0 Å². The molecule has 0 bridgehead atoms. The topological polar surface area (TPSA) is 74.0 Å². The Morgan fingerprint density at radius 2 is 2.00 bits per heavy atom. The molecule has 1 amide bonds. The number of alkyl halides is 3. The Balaban J connectivity index is 1.84. The summed E-state index contributed by atoms with van der Waals surface area (Å²) < 4.78 is 40.8. The van der Waals surface area contributed by atoms with Gasteiger partial charge in [0, 0.05) is 30.5 Å². The van der Waals surface area contributed by atoms with Crippen LogP contribution < -0.4 is 5.32 Å². The lowest BCUT2D eigenvalue weighted by Gasteiger charge is -2.25. The van der Waals surface area contributed by atoms with Gasteiger partial charge in [-0.1, -0.05) is 0 Å². The largest absolute Gasteiger partial charge is 0.417 e. The number of aromatic nitrogens is 2. The molecular formula is C18H18F3N5O. The van der Waals surface area contributed by atoms with E-state index in [9.17, 15) is 18.0 Å². The smallest absolute Gasteiger partial charge is 0.324 e. The van der Waals surface area contributed by atoms with E-state index in [1.807, 2.05) is 7.05 Å². The molecule has 0 aliphatic carbocycles. The van der Waals surface area contributed by atoms with Crippen LogP contribution >= 0.6 is 0 Å². The number of carbonyl (C=O) groups is 1. The van der Waals surface area contributed by atoms with Gasteiger partial charge in [0.15, 0.2) is 0 Å². The van der Waals surface area contributed by atoms with Crippen molar-refractivity contribution < 1.29 is 18.0 Å². The maximum atomic E-state index is 13.1. The van der Waals surface area contributed by atoms with Crippen LogP contribution in [0.25, 0.3) is 0 Å². The summed E-state index contributed by atoms with van der Waals surface area (Å²) in [5, 5.41) is 15.8. The fourth-order valence-corrected chi connectivity index (χ4v) is 2.94. The number of halogens is 3. The highest BCUT2D eigenvalue weighted by Crippen LogP contribution is 2.34. The predicted octanol–water partition coefficient (Wildman–Crippen LogP) is 3.09. The van der Waals surface area contributed by atoms with E-state index in [2.05, 4.69) is 15.3 Å². The summed E-state index contributed by atoms with van der Waals surface area (Å²) >= 11 is 0. The van der Waals surface area contributed by atoms with E-state index in [1.54, 1.807) is 20.0 Å². The summed E-state index contributed by atoms with van der Waals surface area (Å²) in [4.78, 5) is 14.8. The van der Waals surface area contributed by atoms with Crippen LogP contribution in [0.2, 0.25) is 0 Å². The van der Waals surface area contributed by atoms with Gasteiger partial charge < -0.3 is 5.32 Å². The van der Waals surface area contributed by atoms with Gasteiger partial charge in [0.1, 0.15) is 5.54 Å². The lowest BCUT2D eigenvalue weighted by molar-refractivity contribution is -0.137. The lowest BCUT2D eigenvalue weighted by Crippen LogP contribution is -2.41. The van der Waals surface area contributed by atoms with Gasteiger partial charge in [-0.15, -0.1) is 0 Å². The van der Waals surface area contributed by atoms with Crippen molar-refractivity contribution >= 4 is 11.6 Å². The molecule has 0 atom stereocenters. The van der Waals surface area contributed by atoms with Crippen LogP contribution in [-0.4, -0.2) is 27.6 Å². The van der Waals surface area contributed by atoms with Crippen LogP contribution in [0.3, 0.4) is 0 Å². The molecule has 6 nitrogen and oxygen atoms in total. The van der Waals surface area contributed by atoms with Gasteiger partial charge in [0.05, 0.1) is 22.9 Å². The molecule has 0 radical (unpaired) electrons. The van der Waals surface area contributed by atoms with Crippen molar-refractivity contribution in [3.05, 3.63) is 46.8 Å². The van der Waals surface area contributed by atoms with Gasteiger partial charge in [0.2, 0.25) is 0 Å². The molecule has 142 valence electrons. The van der Waals surface area contributed by atoms with Crippen molar-refractivity contribution in [3.8, 4) is 6.07 Å². The molecule has 1 N–H and O–H groups in total. The van der Waals surface area contributed by atoms with Crippen LogP contribution in [0.5, 0.6) is 0 Å². The zero-order chi connectivity index (χ0) is 20.0. The zero-order valence-electron chi connectivity index (χ0n) is 15.1. The minimum Gasteiger partial charge on any atom is -0.324 e. The first-order valence-corrected chi connectivity index (χ1v) is 8.21. The molecule has 27 heavy (non-hydrogen) atoms. The number of rotatable bonds is 3. The van der Waals surface area contributed by atoms with Crippen molar-refractivity contribution in [3.63, 3.8) is 0 Å². The van der Waals surface area contributed by atoms with E-state index in [1.165, 1.54) is 16.8 Å². The van der Waals surface area contributed by atoms with Gasteiger partial charge in [-0.3, -0.25) is 14.4 Å². The van der Waals surface area contributed by atoms with Crippen molar-refractivity contribution in [2.75, 3.05) is 12.4 Å². The Bertz CT molecular complexity index is 916. The highest BCUT2D eigenvalue weighted by Gasteiger charge is 2.36. The average molecular weight is 377 g/mol. The second-order valence-electron chi connectivity index (χ2n) is 7.10. The van der Waals surface area contributed by atoms with Crippen LogP contribution in [0.4, 0.5) is 18.9 Å². The fourth-order valence-electron chi connectivity index (χ4n) is 2.94. The van der Waals surface area contributed by atoms with Crippen molar-refractivity contribution in [1.29, 1.82) is 5.26 Å². The Labute approximate surface area is 154 Å². The summed E-state index contributed by atoms with van der Waals surface area (Å²) in [5.41, 5.74) is -0.796. The number of hydrogen-bond acceptors (Lipinski definition) is 4. The number of anilines is 1. The van der Waals surface area contributed by atoms with E-state index >= 15 is 0 Å². The minimum absolute atomic E-state index is 0.0289. The second-order valence-corrected chi connectivity index (χ2v) is 7.10. The molecule has 2 aromatic rings. The Morgan fingerprint density at radius 3 is 2.59 bits per heavy atom. The predicted molar refractivity (Wildman–Crippen MR) is 91.5 cm³/mol.